The highest BCUT2D eigenvalue weighted by Gasteiger charge is 2.36. The summed E-state index contributed by atoms with van der Waals surface area (Å²) in [5.74, 6) is -0.559. The molecule has 0 aromatic heterocycles. The molecule has 7 nitrogen and oxygen atoms in total. The Balaban J connectivity index is 2.22. The second-order valence-corrected chi connectivity index (χ2v) is 6.78. The number of hydrogen-bond acceptors (Lipinski definition) is 6. The summed E-state index contributed by atoms with van der Waals surface area (Å²) in [5, 5.41) is 3.48. The average Bonchev–Trinajstić information content (AvgIpc) is 2.77. The van der Waals surface area contributed by atoms with Gasteiger partial charge in [-0.1, -0.05) is 23.2 Å². The molecule has 0 saturated heterocycles. The molecule has 2 atom stereocenters. The van der Waals surface area contributed by atoms with Gasteiger partial charge in [-0.3, -0.25) is 9.59 Å². The van der Waals surface area contributed by atoms with Gasteiger partial charge in [0.1, 0.15) is 6.10 Å². The third kappa shape index (κ3) is 4.01. The number of esters is 1. The lowest BCUT2D eigenvalue weighted by atomic mass is 9.98. The van der Waals surface area contributed by atoms with Gasteiger partial charge in [0.25, 0.3) is 12.2 Å². The van der Waals surface area contributed by atoms with E-state index in [0.717, 1.165) is 0 Å². The van der Waals surface area contributed by atoms with Crippen LogP contribution in [-0.4, -0.2) is 32.4 Å². The fourth-order valence-corrected chi connectivity index (χ4v) is 3.34. The number of rotatable bonds is 4. The number of carbonyl (C=O) groups excluding carboxylic acids is 2. The molecule has 0 unspecified atom stereocenters. The van der Waals surface area contributed by atoms with E-state index in [4.69, 9.17) is 42.1 Å². The summed E-state index contributed by atoms with van der Waals surface area (Å²) in [6.07, 6.45) is -2.37. The number of nitrogens with one attached hydrogen (secondary N) is 1. The van der Waals surface area contributed by atoms with Crippen LogP contribution < -0.4 is 14.8 Å². The Bertz CT molecular complexity index is 933. The number of fused-ring (bicyclic) bond motifs is 1. The Hall–Kier alpha value is -2.48. The molecule has 1 N–H and O–H groups in total. The van der Waals surface area contributed by atoms with Gasteiger partial charge in [-0.15, -0.1) is 0 Å². The minimum atomic E-state index is -1.48. The molecule has 1 heterocycles. The second kappa shape index (κ2) is 8.26. The lowest BCUT2D eigenvalue weighted by Crippen LogP contribution is -2.33. The normalized spacial score (nSPS) is 18.5. The number of benzene rings is 2. The highest BCUT2D eigenvalue weighted by Crippen LogP contribution is 2.45. The van der Waals surface area contributed by atoms with Crippen molar-refractivity contribution in [1.29, 1.82) is 0 Å². The number of hydrogen-bond donors (Lipinski definition) is 1. The molecule has 0 fully saturated rings. The number of carbonyl (C=O) groups is 2. The van der Waals surface area contributed by atoms with E-state index in [-0.39, 0.29) is 0 Å². The van der Waals surface area contributed by atoms with Crippen molar-refractivity contribution in [2.24, 2.45) is 0 Å². The smallest absolute Gasteiger partial charge is 0.305 e. The van der Waals surface area contributed by atoms with Crippen LogP contribution in [0.4, 0.5) is 5.69 Å². The third-order valence-corrected chi connectivity index (χ3v) is 4.51. The van der Waals surface area contributed by atoms with Crippen LogP contribution in [0.25, 0.3) is 0 Å². The van der Waals surface area contributed by atoms with Crippen LogP contribution in [-0.2, 0) is 19.1 Å². The van der Waals surface area contributed by atoms with E-state index in [9.17, 15) is 9.59 Å². The van der Waals surface area contributed by atoms with E-state index in [2.05, 4.69) is 5.32 Å². The molecule has 2 aromatic carbocycles. The maximum Gasteiger partial charge on any atom is 0.305 e. The number of ether oxygens (including phenoxy) is 4. The first-order chi connectivity index (χ1) is 13.3. The highest BCUT2D eigenvalue weighted by molar-refractivity contribution is 6.31. The van der Waals surface area contributed by atoms with Crippen LogP contribution in [0.2, 0.25) is 10.0 Å². The standard InChI is InChI=1S/C19H17Cl2NO6/c1-9(23)27-19-18(24)22-14-5-4-10(20)6-12(14)16(28-19)13-7-11(21)8-15(25-2)17(13)26-3/h4-8,16,19H,1-3H3,(H,22,24)/t16-,19-/m0/s1. The Morgan fingerprint density at radius 3 is 2.43 bits per heavy atom. The van der Waals surface area contributed by atoms with Crippen molar-refractivity contribution in [3.63, 3.8) is 0 Å². The van der Waals surface area contributed by atoms with Gasteiger partial charge in [-0.05, 0) is 24.3 Å². The van der Waals surface area contributed by atoms with Crippen molar-refractivity contribution in [2.45, 2.75) is 19.3 Å². The third-order valence-electron chi connectivity index (χ3n) is 4.06. The van der Waals surface area contributed by atoms with Crippen molar-refractivity contribution >= 4 is 40.8 Å². The summed E-state index contributed by atoms with van der Waals surface area (Å²) >= 11 is 12.4. The van der Waals surface area contributed by atoms with Gasteiger partial charge in [-0.25, -0.2) is 0 Å². The predicted molar refractivity (Wildman–Crippen MR) is 103 cm³/mol. The zero-order valence-corrected chi connectivity index (χ0v) is 16.8. The maximum absolute atomic E-state index is 12.5. The summed E-state index contributed by atoms with van der Waals surface area (Å²) in [5.41, 5.74) is 1.47. The van der Waals surface area contributed by atoms with Crippen molar-refractivity contribution in [3.8, 4) is 11.5 Å². The van der Waals surface area contributed by atoms with Crippen LogP contribution in [0.5, 0.6) is 11.5 Å². The highest BCUT2D eigenvalue weighted by atomic mass is 35.5. The first kappa shape index (κ1) is 20.3. The van der Waals surface area contributed by atoms with Crippen LogP contribution in [0.15, 0.2) is 30.3 Å². The Kier molecular flexibility index (Phi) is 5.98. The zero-order valence-electron chi connectivity index (χ0n) is 15.2. The zero-order chi connectivity index (χ0) is 20.4. The molecule has 1 aliphatic rings. The van der Waals surface area contributed by atoms with Gasteiger partial charge in [0.05, 0.1) is 14.2 Å². The lowest BCUT2D eigenvalue weighted by molar-refractivity contribution is -0.187. The lowest BCUT2D eigenvalue weighted by Gasteiger charge is -2.24. The molecular formula is C19H17Cl2NO6. The van der Waals surface area contributed by atoms with Crippen molar-refractivity contribution < 1.29 is 28.5 Å². The largest absolute Gasteiger partial charge is 0.493 e. The summed E-state index contributed by atoms with van der Waals surface area (Å²) in [6, 6.07) is 8.12. The van der Waals surface area contributed by atoms with Crippen LogP contribution >= 0.6 is 23.2 Å². The first-order valence-electron chi connectivity index (χ1n) is 8.18. The number of anilines is 1. The first-order valence-corrected chi connectivity index (χ1v) is 8.94. The number of methoxy groups -OCH3 is 2. The van der Waals surface area contributed by atoms with Crippen molar-refractivity contribution in [3.05, 3.63) is 51.5 Å². The molecule has 9 heteroatoms. The van der Waals surface area contributed by atoms with Crippen molar-refractivity contribution in [2.75, 3.05) is 19.5 Å². The molecule has 0 aliphatic carbocycles. The van der Waals surface area contributed by atoms with E-state index in [1.807, 2.05) is 0 Å². The monoisotopic (exact) mass is 425 g/mol. The summed E-state index contributed by atoms with van der Waals surface area (Å²) in [7, 11) is 2.95. The fourth-order valence-electron chi connectivity index (χ4n) is 2.94. The van der Waals surface area contributed by atoms with Gasteiger partial charge < -0.3 is 24.3 Å². The SMILES string of the molecule is COc1cc(Cl)cc([C@H]2O[C@H](OC(C)=O)C(=O)Nc3ccc(Cl)cc32)c1OC. The van der Waals surface area contributed by atoms with Gasteiger partial charge in [0.2, 0.25) is 0 Å². The van der Waals surface area contributed by atoms with Crippen LogP contribution in [0.3, 0.4) is 0 Å². The Morgan fingerprint density at radius 1 is 1.07 bits per heavy atom. The minimum absolute atomic E-state index is 0.360. The van der Waals surface area contributed by atoms with Crippen molar-refractivity contribution in [1.82, 2.24) is 0 Å². The van der Waals surface area contributed by atoms with E-state index in [1.54, 1.807) is 30.3 Å². The van der Waals surface area contributed by atoms with E-state index in [0.29, 0.717) is 38.4 Å². The molecule has 148 valence electrons. The fraction of sp³-hybridized carbons (Fsp3) is 0.263. The molecule has 0 saturated carbocycles. The summed E-state index contributed by atoms with van der Waals surface area (Å²) < 4.78 is 21.8. The molecule has 28 heavy (non-hydrogen) atoms. The van der Waals surface area contributed by atoms with Crippen LogP contribution in [0.1, 0.15) is 24.2 Å². The Labute approximate surface area is 171 Å². The van der Waals surface area contributed by atoms with Gasteiger partial charge in [-0.2, -0.15) is 0 Å². The molecule has 0 bridgehead atoms. The summed E-state index contributed by atoms with van der Waals surface area (Å²) in [4.78, 5) is 23.9. The minimum Gasteiger partial charge on any atom is -0.493 e. The van der Waals surface area contributed by atoms with Gasteiger partial charge in [0.15, 0.2) is 11.5 Å². The molecule has 2 aromatic rings. The predicted octanol–water partition coefficient (Wildman–Crippen LogP) is 3.96. The van der Waals surface area contributed by atoms with Gasteiger partial charge >= 0.3 is 5.97 Å². The maximum atomic E-state index is 12.5. The quantitative estimate of drug-likeness (QED) is 0.746. The molecule has 0 spiro atoms. The van der Waals surface area contributed by atoms with E-state index < -0.39 is 24.3 Å². The van der Waals surface area contributed by atoms with E-state index >= 15 is 0 Å². The molecule has 1 aliphatic heterocycles. The van der Waals surface area contributed by atoms with Crippen LogP contribution in [0, 0.1) is 0 Å². The molecule has 1 amide bonds. The Morgan fingerprint density at radius 2 is 1.79 bits per heavy atom. The van der Waals surface area contributed by atoms with Gasteiger partial charge in [0, 0.05) is 39.8 Å². The summed E-state index contributed by atoms with van der Waals surface area (Å²) in [6.45, 7) is 1.18. The average molecular weight is 426 g/mol. The van der Waals surface area contributed by atoms with E-state index in [1.165, 1.54) is 21.1 Å². The topological polar surface area (TPSA) is 83.1 Å². The molecular weight excluding hydrogens is 409 g/mol. The number of amides is 1. The molecule has 0 radical (unpaired) electrons. The number of halogens is 2. The molecule has 3 rings (SSSR count). The second-order valence-electron chi connectivity index (χ2n) is 5.91.